The maximum Gasteiger partial charge on any atom is 0.157 e. The molecule has 3 atom stereocenters. The minimum Gasteiger partial charge on any atom is -0.504 e. The van der Waals surface area contributed by atoms with Crippen molar-refractivity contribution in [2.75, 3.05) is 7.11 Å². The van der Waals surface area contributed by atoms with E-state index in [-0.39, 0.29) is 18.1 Å². The van der Waals surface area contributed by atoms with Gasteiger partial charge < -0.3 is 29.5 Å². The zero-order valence-corrected chi connectivity index (χ0v) is 12.4. The number of aliphatic hydroxyl groups is 1. The minimum absolute atomic E-state index is 0.204. The van der Waals surface area contributed by atoms with Crippen LogP contribution in [0.4, 0.5) is 0 Å². The van der Waals surface area contributed by atoms with Crippen LogP contribution in [0.3, 0.4) is 0 Å². The zero-order valence-electron chi connectivity index (χ0n) is 12.4. The molecule has 3 N–H and O–H groups in total. The van der Waals surface area contributed by atoms with Crippen LogP contribution in [0.2, 0.25) is 0 Å². The third-order valence-electron chi connectivity index (χ3n) is 4.38. The van der Waals surface area contributed by atoms with E-state index < -0.39 is 18.3 Å². The number of benzene rings is 2. The molecular formula is C17H16O6. The number of phenolic OH excluding ortho intramolecular Hbond substituents is 2. The fraction of sp³-hybridized carbons (Fsp3) is 0.294. The molecule has 0 saturated carbocycles. The van der Waals surface area contributed by atoms with Gasteiger partial charge in [-0.15, -0.1) is 0 Å². The Morgan fingerprint density at radius 3 is 2.65 bits per heavy atom. The van der Waals surface area contributed by atoms with Crippen LogP contribution in [-0.2, 0) is 11.3 Å². The van der Waals surface area contributed by atoms with E-state index in [0.717, 1.165) is 5.56 Å². The van der Waals surface area contributed by atoms with Gasteiger partial charge in [0.1, 0.15) is 23.7 Å². The first kappa shape index (κ1) is 14.2. The van der Waals surface area contributed by atoms with Gasteiger partial charge in [0, 0.05) is 17.2 Å². The smallest absolute Gasteiger partial charge is 0.157 e. The summed E-state index contributed by atoms with van der Waals surface area (Å²) in [6.07, 6.45) is -1.99. The second-order valence-corrected chi connectivity index (χ2v) is 5.70. The summed E-state index contributed by atoms with van der Waals surface area (Å²) in [7, 11) is 1.56. The van der Waals surface area contributed by atoms with E-state index in [2.05, 4.69) is 0 Å². The summed E-state index contributed by atoms with van der Waals surface area (Å²) in [6, 6.07) is 8.14. The molecule has 0 radical (unpaired) electrons. The fourth-order valence-corrected chi connectivity index (χ4v) is 3.17. The number of methoxy groups -OCH3 is 1. The van der Waals surface area contributed by atoms with E-state index in [1.807, 2.05) is 0 Å². The number of phenols is 2. The third kappa shape index (κ3) is 2.10. The van der Waals surface area contributed by atoms with Crippen LogP contribution in [0.25, 0.3) is 0 Å². The van der Waals surface area contributed by atoms with E-state index in [0.29, 0.717) is 22.6 Å². The van der Waals surface area contributed by atoms with Gasteiger partial charge in [-0.3, -0.25) is 0 Å². The lowest BCUT2D eigenvalue weighted by molar-refractivity contribution is -0.127. The van der Waals surface area contributed by atoms with Gasteiger partial charge in [0.05, 0.1) is 13.7 Å². The number of fused-ring (bicyclic) bond motifs is 4. The summed E-state index contributed by atoms with van der Waals surface area (Å²) >= 11 is 0. The van der Waals surface area contributed by atoms with Crippen molar-refractivity contribution in [3.63, 3.8) is 0 Å². The van der Waals surface area contributed by atoms with Gasteiger partial charge in [-0.1, -0.05) is 0 Å². The Morgan fingerprint density at radius 1 is 1.09 bits per heavy atom. The van der Waals surface area contributed by atoms with Crippen LogP contribution < -0.4 is 9.47 Å². The quantitative estimate of drug-likeness (QED) is 0.699. The Balaban J connectivity index is 1.81. The number of hydrogen-bond acceptors (Lipinski definition) is 6. The minimum atomic E-state index is -0.848. The topological polar surface area (TPSA) is 88.4 Å². The van der Waals surface area contributed by atoms with Gasteiger partial charge in [-0.25, -0.2) is 0 Å². The number of ether oxygens (including phenoxy) is 3. The Hall–Kier alpha value is -2.44. The lowest BCUT2D eigenvalue weighted by atomic mass is 9.87. The third-order valence-corrected chi connectivity index (χ3v) is 4.38. The van der Waals surface area contributed by atoms with Gasteiger partial charge in [-0.2, -0.15) is 0 Å². The molecule has 0 unspecified atom stereocenters. The van der Waals surface area contributed by atoms with Crippen molar-refractivity contribution >= 4 is 0 Å². The second kappa shape index (κ2) is 5.04. The van der Waals surface area contributed by atoms with Crippen LogP contribution in [0, 0.1) is 0 Å². The predicted molar refractivity (Wildman–Crippen MR) is 79.7 cm³/mol. The van der Waals surface area contributed by atoms with Gasteiger partial charge in [-0.05, 0) is 29.8 Å². The number of aliphatic hydroxyl groups excluding tert-OH is 1. The van der Waals surface area contributed by atoms with E-state index in [9.17, 15) is 15.3 Å². The molecule has 0 spiro atoms. The Morgan fingerprint density at radius 2 is 1.87 bits per heavy atom. The average molecular weight is 316 g/mol. The molecule has 23 heavy (non-hydrogen) atoms. The first-order valence-electron chi connectivity index (χ1n) is 7.27. The molecule has 2 aliphatic heterocycles. The second-order valence-electron chi connectivity index (χ2n) is 5.70. The van der Waals surface area contributed by atoms with Gasteiger partial charge in [0.25, 0.3) is 0 Å². The first-order valence-corrected chi connectivity index (χ1v) is 7.27. The van der Waals surface area contributed by atoms with Crippen molar-refractivity contribution in [3.8, 4) is 23.0 Å². The van der Waals surface area contributed by atoms with Gasteiger partial charge in [0.15, 0.2) is 17.6 Å². The Labute approximate surface area is 132 Å². The summed E-state index contributed by atoms with van der Waals surface area (Å²) in [4.78, 5) is 0. The Kier molecular flexibility index (Phi) is 3.11. The summed E-state index contributed by atoms with van der Waals surface area (Å²) in [6.45, 7) is 0.232. The molecule has 2 aromatic rings. The molecular weight excluding hydrogens is 300 g/mol. The van der Waals surface area contributed by atoms with Crippen molar-refractivity contribution < 1.29 is 29.5 Å². The van der Waals surface area contributed by atoms with Gasteiger partial charge >= 0.3 is 0 Å². The van der Waals surface area contributed by atoms with Crippen LogP contribution in [-0.4, -0.2) is 28.5 Å². The SMILES string of the molecule is COc1ccc2c(c1)O[C@H]1c3cc(O)c(O)cc3CO[C@@H]1[C@H]2O. The van der Waals surface area contributed by atoms with Crippen molar-refractivity contribution in [2.45, 2.75) is 24.9 Å². The summed E-state index contributed by atoms with van der Waals surface area (Å²) in [5, 5.41) is 30.0. The first-order chi connectivity index (χ1) is 11.1. The van der Waals surface area contributed by atoms with Crippen LogP contribution in [0.5, 0.6) is 23.0 Å². The molecule has 6 heteroatoms. The zero-order chi connectivity index (χ0) is 16.1. The average Bonchev–Trinajstić information content (AvgIpc) is 2.56. The standard InChI is InChI=1S/C17H16O6/c1-21-9-2-3-10-14(5-9)23-16-11-6-13(19)12(18)4-8(11)7-22-17(16)15(10)20/h2-6,15-20H,7H2,1H3/t15-,16-,17+/m0/s1. The lowest BCUT2D eigenvalue weighted by Gasteiger charge is -2.40. The lowest BCUT2D eigenvalue weighted by Crippen LogP contribution is -2.39. The molecule has 4 rings (SSSR count). The fourth-order valence-electron chi connectivity index (χ4n) is 3.17. The van der Waals surface area contributed by atoms with E-state index >= 15 is 0 Å². The van der Waals surface area contributed by atoms with Crippen molar-refractivity contribution in [2.24, 2.45) is 0 Å². The normalized spacial score (nSPS) is 24.9. The van der Waals surface area contributed by atoms with Crippen LogP contribution in [0.15, 0.2) is 30.3 Å². The van der Waals surface area contributed by atoms with E-state index in [1.165, 1.54) is 12.1 Å². The molecule has 0 saturated heterocycles. The highest BCUT2D eigenvalue weighted by molar-refractivity contribution is 5.50. The van der Waals surface area contributed by atoms with Gasteiger partial charge in [0.2, 0.25) is 0 Å². The molecule has 0 aromatic heterocycles. The maximum atomic E-state index is 10.6. The molecule has 0 bridgehead atoms. The van der Waals surface area contributed by atoms with Crippen LogP contribution in [0.1, 0.15) is 28.9 Å². The number of hydrogen-bond donors (Lipinski definition) is 3. The van der Waals surface area contributed by atoms with Crippen molar-refractivity contribution in [1.82, 2.24) is 0 Å². The molecule has 0 fully saturated rings. The highest BCUT2D eigenvalue weighted by Gasteiger charge is 2.43. The molecule has 120 valence electrons. The molecule has 2 aliphatic rings. The molecule has 2 aromatic carbocycles. The van der Waals surface area contributed by atoms with Crippen molar-refractivity contribution in [1.29, 1.82) is 0 Å². The monoisotopic (exact) mass is 316 g/mol. The summed E-state index contributed by atoms with van der Waals surface area (Å²) in [5.74, 6) is 0.713. The van der Waals surface area contributed by atoms with E-state index in [1.54, 1.807) is 25.3 Å². The number of aromatic hydroxyl groups is 2. The predicted octanol–water partition coefficient (Wildman–Crippen LogP) is 2.17. The highest BCUT2D eigenvalue weighted by Crippen LogP contribution is 2.48. The maximum absolute atomic E-state index is 10.6. The number of rotatable bonds is 1. The summed E-state index contributed by atoms with van der Waals surface area (Å²) < 4.78 is 16.9. The molecule has 2 heterocycles. The Bertz CT molecular complexity index is 772. The molecule has 0 amide bonds. The molecule has 0 aliphatic carbocycles. The van der Waals surface area contributed by atoms with E-state index in [4.69, 9.17) is 14.2 Å². The highest BCUT2D eigenvalue weighted by atomic mass is 16.6. The molecule has 6 nitrogen and oxygen atoms in total. The van der Waals surface area contributed by atoms with Crippen LogP contribution >= 0.6 is 0 Å². The van der Waals surface area contributed by atoms with Crippen molar-refractivity contribution in [3.05, 3.63) is 47.0 Å². The summed E-state index contributed by atoms with van der Waals surface area (Å²) in [5.41, 5.74) is 2.06. The largest absolute Gasteiger partial charge is 0.504 e.